The molecule has 2 fully saturated rings. The summed E-state index contributed by atoms with van der Waals surface area (Å²) in [6.07, 6.45) is 6.30. The molecule has 2 aromatic rings. The Bertz CT molecular complexity index is 781. The predicted octanol–water partition coefficient (Wildman–Crippen LogP) is 1.85. The number of carbonyl (C=O) groups is 1. The van der Waals surface area contributed by atoms with E-state index in [4.69, 9.17) is 9.47 Å². The van der Waals surface area contributed by atoms with E-state index in [2.05, 4.69) is 15.0 Å². The van der Waals surface area contributed by atoms with Gasteiger partial charge in [0, 0.05) is 31.9 Å². The Kier molecular flexibility index (Phi) is 4.50. The third-order valence-electron chi connectivity index (χ3n) is 4.94. The fourth-order valence-electron chi connectivity index (χ4n) is 3.54. The highest BCUT2D eigenvalue weighted by molar-refractivity contribution is 5.92. The zero-order valence-corrected chi connectivity index (χ0v) is 14.2. The van der Waals surface area contributed by atoms with E-state index in [1.54, 1.807) is 17.2 Å². The molecule has 4 heterocycles. The summed E-state index contributed by atoms with van der Waals surface area (Å²) < 4.78 is 25.4. The van der Waals surface area contributed by atoms with E-state index in [-0.39, 0.29) is 23.5 Å². The van der Waals surface area contributed by atoms with Crippen LogP contribution >= 0.6 is 0 Å². The average molecular weight is 358 g/mol. The van der Waals surface area contributed by atoms with Crippen molar-refractivity contribution in [3.8, 4) is 5.88 Å². The van der Waals surface area contributed by atoms with Crippen molar-refractivity contribution in [2.24, 2.45) is 0 Å². The van der Waals surface area contributed by atoms with Crippen LogP contribution in [-0.2, 0) is 4.74 Å². The monoisotopic (exact) mass is 358 g/mol. The number of hydrogen-bond acceptors (Lipinski definition) is 6. The molecule has 7 nitrogen and oxygen atoms in total. The van der Waals surface area contributed by atoms with Crippen LogP contribution in [0.25, 0.3) is 0 Å². The lowest BCUT2D eigenvalue weighted by molar-refractivity contribution is -0.0397. The summed E-state index contributed by atoms with van der Waals surface area (Å²) in [5, 5.41) is 0. The van der Waals surface area contributed by atoms with Crippen LogP contribution in [-0.4, -0.2) is 57.2 Å². The van der Waals surface area contributed by atoms with Gasteiger partial charge in [-0.05, 0) is 31.0 Å². The third-order valence-corrected chi connectivity index (χ3v) is 4.94. The first-order chi connectivity index (χ1) is 12.7. The molecule has 8 heteroatoms. The lowest BCUT2D eigenvalue weighted by atomic mass is 9.88. The molecule has 4 rings (SSSR count). The van der Waals surface area contributed by atoms with E-state index in [1.807, 2.05) is 0 Å². The van der Waals surface area contributed by atoms with Crippen molar-refractivity contribution in [1.29, 1.82) is 0 Å². The number of likely N-dealkylation sites (tertiary alicyclic amines) is 1. The maximum atomic E-state index is 13.7. The number of halogens is 1. The molecule has 2 saturated heterocycles. The number of piperidine rings is 1. The van der Waals surface area contributed by atoms with Crippen molar-refractivity contribution in [3.05, 3.63) is 48.4 Å². The fourth-order valence-corrected chi connectivity index (χ4v) is 3.54. The van der Waals surface area contributed by atoms with Crippen molar-refractivity contribution in [2.75, 3.05) is 19.7 Å². The standard InChI is InChI=1S/C18H19FN4O3/c19-14-2-1-6-21-16(14)26-13-10-18(25-11-13)4-8-23(9-5-18)17(24)15-3-7-20-12-22-15/h1-3,6-7,12-13H,4-5,8-11H2/t13-/m0/s1. The Balaban J connectivity index is 1.34. The Morgan fingerprint density at radius 2 is 2.12 bits per heavy atom. The highest BCUT2D eigenvalue weighted by Crippen LogP contribution is 2.37. The molecule has 1 atom stereocenters. The quantitative estimate of drug-likeness (QED) is 0.833. The first-order valence-electron chi connectivity index (χ1n) is 8.62. The van der Waals surface area contributed by atoms with Gasteiger partial charge in [-0.1, -0.05) is 0 Å². The van der Waals surface area contributed by atoms with Gasteiger partial charge in [0.15, 0.2) is 5.82 Å². The van der Waals surface area contributed by atoms with Crippen LogP contribution in [0.15, 0.2) is 36.9 Å². The molecular weight excluding hydrogens is 339 g/mol. The zero-order valence-electron chi connectivity index (χ0n) is 14.2. The van der Waals surface area contributed by atoms with Crippen LogP contribution in [0.2, 0.25) is 0 Å². The lowest BCUT2D eigenvalue weighted by Gasteiger charge is -2.38. The predicted molar refractivity (Wildman–Crippen MR) is 89.1 cm³/mol. The minimum absolute atomic E-state index is 0.00882. The second-order valence-corrected chi connectivity index (χ2v) is 6.62. The average Bonchev–Trinajstić information content (AvgIpc) is 3.06. The van der Waals surface area contributed by atoms with E-state index >= 15 is 0 Å². The molecule has 0 N–H and O–H groups in total. The summed E-state index contributed by atoms with van der Waals surface area (Å²) in [6.45, 7) is 1.58. The molecule has 2 aliphatic heterocycles. The minimum atomic E-state index is -0.473. The number of pyridine rings is 1. The van der Waals surface area contributed by atoms with Gasteiger partial charge in [-0.25, -0.2) is 19.3 Å². The summed E-state index contributed by atoms with van der Waals surface area (Å²) in [5.74, 6) is -0.558. The maximum absolute atomic E-state index is 13.7. The molecule has 136 valence electrons. The molecule has 26 heavy (non-hydrogen) atoms. The number of nitrogens with zero attached hydrogens (tertiary/aromatic N) is 4. The highest BCUT2D eigenvalue weighted by Gasteiger charge is 2.44. The fraction of sp³-hybridized carbons (Fsp3) is 0.444. The number of amides is 1. The van der Waals surface area contributed by atoms with Gasteiger partial charge in [0.05, 0.1) is 12.2 Å². The molecule has 2 aliphatic rings. The number of rotatable bonds is 3. The van der Waals surface area contributed by atoms with E-state index in [0.717, 1.165) is 0 Å². The summed E-state index contributed by atoms with van der Waals surface area (Å²) in [4.78, 5) is 26.0. The topological polar surface area (TPSA) is 77.4 Å². The summed E-state index contributed by atoms with van der Waals surface area (Å²) in [5.41, 5.74) is 0.0772. The molecule has 1 spiro atoms. The van der Waals surface area contributed by atoms with Crippen molar-refractivity contribution < 1.29 is 18.7 Å². The van der Waals surface area contributed by atoms with Crippen LogP contribution in [0.1, 0.15) is 29.8 Å². The smallest absolute Gasteiger partial charge is 0.272 e. The molecule has 0 bridgehead atoms. The zero-order chi connectivity index (χ0) is 18.0. The van der Waals surface area contributed by atoms with Crippen molar-refractivity contribution in [2.45, 2.75) is 31.0 Å². The molecular formula is C18H19FN4O3. The second-order valence-electron chi connectivity index (χ2n) is 6.62. The molecule has 0 unspecified atom stereocenters. The van der Waals surface area contributed by atoms with Gasteiger partial charge >= 0.3 is 0 Å². The van der Waals surface area contributed by atoms with Gasteiger partial charge in [-0.15, -0.1) is 0 Å². The first kappa shape index (κ1) is 16.8. The number of aromatic nitrogens is 3. The minimum Gasteiger partial charge on any atom is -0.470 e. The van der Waals surface area contributed by atoms with Crippen LogP contribution in [0.5, 0.6) is 5.88 Å². The largest absolute Gasteiger partial charge is 0.470 e. The first-order valence-corrected chi connectivity index (χ1v) is 8.62. The van der Waals surface area contributed by atoms with Gasteiger partial charge in [-0.2, -0.15) is 0 Å². The van der Waals surface area contributed by atoms with Crippen LogP contribution in [0, 0.1) is 5.82 Å². The number of hydrogen-bond donors (Lipinski definition) is 0. The normalized spacial score (nSPS) is 21.7. The Morgan fingerprint density at radius 1 is 1.27 bits per heavy atom. The molecule has 0 radical (unpaired) electrons. The molecule has 0 saturated carbocycles. The van der Waals surface area contributed by atoms with Crippen LogP contribution in [0.4, 0.5) is 4.39 Å². The Morgan fingerprint density at radius 3 is 2.85 bits per heavy atom. The summed E-state index contributed by atoms with van der Waals surface area (Å²) >= 11 is 0. The van der Waals surface area contributed by atoms with Crippen molar-refractivity contribution in [1.82, 2.24) is 19.9 Å². The van der Waals surface area contributed by atoms with Gasteiger partial charge in [-0.3, -0.25) is 4.79 Å². The Hall–Kier alpha value is -2.61. The maximum Gasteiger partial charge on any atom is 0.272 e. The molecule has 2 aromatic heterocycles. The third kappa shape index (κ3) is 3.37. The molecule has 1 amide bonds. The second kappa shape index (κ2) is 6.95. The van der Waals surface area contributed by atoms with Gasteiger partial charge in [0.2, 0.25) is 0 Å². The highest BCUT2D eigenvalue weighted by atomic mass is 19.1. The van der Waals surface area contributed by atoms with E-state index in [0.29, 0.717) is 44.7 Å². The summed E-state index contributed by atoms with van der Waals surface area (Å²) in [7, 11) is 0. The lowest BCUT2D eigenvalue weighted by Crippen LogP contribution is -2.46. The van der Waals surface area contributed by atoms with Crippen molar-refractivity contribution >= 4 is 5.91 Å². The van der Waals surface area contributed by atoms with E-state index in [1.165, 1.54) is 24.7 Å². The van der Waals surface area contributed by atoms with Crippen LogP contribution in [0.3, 0.4) is 0 Å². The Labute approximate surface area is 150 Å². The van der Waals surface area contributed by atoms with Gasteiger partial charge in [0.25, 0.3) is 11.8 Å². The van der Waals surface area contributed by atoms with Crippen molar-refractivity contribution in [3.63, 3.8) is 0 Å². The SMILES string of the molecule is O=C(c1ccncn1)N1CCC2(CC1)C[C@H](Oc1ncccc1F)CO2. The number of carbonyl (C=O) groups excluding carboxylic acids is 1. The number of ether oxygens (including phenoxy) is 2. The molecule has 0 aromatic carbocycles. The molecule has 0 aliphatic carbocycles. The van der Waals surface area contributed by atoms with Gasteiger partial charge < -0.3 is 14.4 Å². The van der Waals surface area contributed by atoms with E-state index < -0.39 is 5.82 Å². The van der Waals surface area contributed by atoms with Crippen LogP contribution < -0.4 is 4.74 Å². The van der Waals surface area contributed by atoms with Gasteiger partial charge in [0.1, 0.15) is 18.1 Å². The van der Waals surface area contributed by atoms with E-state index in [9.17, 15) is 9.18 Å². The summed E-state index contributed by atoms with van der Waals surface area (Å²) in [6, 6.07) is 4.47.